The summed E-state index contributed by atoms with van der Waals surface area (Å²) in [6, 6.07) is 0. The molecular formula is C12H28Cl2NOTi-. The predicted molar refractivity (Wildman–Crippen MR) is 76.6 cm³/mol. The Morgan fingerprint density at radius 1 is 1.00 bits per heavy atom. The van der Waals surface area contributed by atoms with Gasteiger partial charge in [0.1, 0.15) is 0 Å². The molecule has 0 bridgehead atoms. The van der Waals surface area contributed by atoms with E-state index in [4.69, 9.17) is 23.7 Å². The molecule has 0 amide bonds. The minimum absolute atomic E-state index is 0.109. The molecule has 0 aromatic rings. The molecular weight excluding hydrogens is 293 g/mol. The molecule has 17 heavy (non-hydrogen) atoms. The summed E-state index contributed by atoms with van der Waals surface area (Å²) in [6.07, 6.45) is 2.04. The molecule has 0 aliphatic heterocycles. The van der Waals surface area contributed by atoms with Crippen LogP contribution in [0.2, 0.25) is 0 Å². The van der Waals surface area contributed by atoms with Crippen molar-refractivity contribution in [2.24, 2.45) is 0 Å². The van der Waals surface area contributed by atoms with Crippen molar-refractivity contribution in [3.63, 3.8) is 0 Å². The molecule has 0 aromatic carbocycles. The van der Waals surface area contributed by atoms with Crippen molar-refractivity contribution in [2.75, 3.05) is 6.61 Å². The number of hydrogen-bond donors (Lipinski definition) is 1. The van der Waals surface area contributed by atoms with Crippen LogP contribution in [0.3, 0.4) is 0 Å². The fourth-order valence-corrected chi connectivity index (χ4v) is 1.16. The van der Waals surface area contributed by atoms with Gasteiger partial charge in [-0.05, 0) is 6.42 Å². The zero-order valence-corrected chi connectivity index (χ0v) is 15.3. The van der Waals surface area contributed by atoms with Gasteiger partial charge in [0.15, 0.2) is 0 Å². The van der Waals surface area contributed by atoms with Gasteiger partial charge in [-0.15, -0.1) is 11.1 Å². The van der Waals surface area contributed by atoms with E-state index in [2.05, 4.69) is 53.8 Å². The molecule has 0 spiro atoms. The first-order chi connectivity index (χ1) is 7.54. The first kappa shape index (κ1) is 23.3. The van der Waals surface area contributed by atoms with Crippen LogP contribution in [-0.4, -0.2) is 22.8 Å². The van der Waals surface area contributed by atoms with Crippen molar-refractivity contribution in [3.05, 3.63) is 5.32 Å². The second-order valence-electron chi connectivity index (χ2n) is 5.60. The van der Waals surface area contributed by atoms with Crippen LogP contribution in [0.1, 0.15) is 61.3 Å². The molecule has 5 heteroatoms. The standard InChI is InChI=1S/C8H18N.C4H10O.2ClH.Ti/c1-7(2,3)9-8(4,5)6;1-2-3-4-5;;;/h1-6H3;5H,2-4H2,1H3;2*1H;/q-1;;;;+2/p-2. The summed E-state index contributed by atoms with van der Waals surface area (Å²) in [5.41, 5.74) is 0.219. The van der Waals surface area contributed by atoms with Crippen LogP contribution in [0.15, 0.2) is 0 Å². The van der Waals surface area contributed by atoms with E-state index in [0.717, 1.165) is 12.8 Å². The Morgan fingerprint density at radius 3 is 1.29 bits per heavy atom. The molecule has 0 aromatic heterocycles. The molecule has 106 valence electrons. The van der Waals surface area contributed by atoms with Crippen molar-refractivity contribution >= 4 is 18.6 Å². The maximum atomic E-state index is 8.07. The van der Waals surface area contributed by atoms with E-state index in [1.807, 2.05) is 0 Å². The van der Waals surface area contributed by atoms with Crippen LogP contribution in [0.25, 0.3) is 5.32 Å². The van der Waals surface area contributed by atoms with Crippen LogP contribution >= 0.6 is 18.6 Å². The number of rotatable bonds is 2. The molecule has 0 aliphatic rings. The number of aliphatic hydroxyl groups is 1. The Kier molecular flexibility index (Phi) is 18.7. The van der Waals surface area contributed by atoms with Gasteiger partial charge in [0.05, 0.1) is 0 Å². The van der Waals surface area contributed by atoms with Crippen LogP contribution < -0.4 is 0 Å². The Morgan fingerprint density at radius 2 is 1.29 bits per heavy atom. The van der Waals surface area contributed by atoms with Gasteiger partial charge < -0.3 is 10.4 Å². The van der Waals surface area contributed by atoms with Gasteiger partial charge in [0.2, 0.25) is 0 Å². The van der Waals surface area contributed by atoms with Crippen LogP contribution in [0, 0.1) is 0 Å². The van der Waals surface area contributed by atoms with E-state index in [1.54, 1.807) is 0 Å². The average Bonchev–Trinajstić information content (AvgIpc) is 2.00. The van der Waals surface area contributed by atoms with Crippen LogP contribution in [-0.2, 0) is 17.0 Å². The molecule has 0 unspecified atom stereocenters. The quantitative estimate of drug-likeness (QED) is 0.704. The molecule has 2 nitrogen and oxygen atoms in total. The van der Waals surface area contributed by atoms with E-state index in [-0.39, 0.29) is 11.1 Å². The first-order valence-corrected chi connectivity index (χ1v) is 10.1. The normalized spacial score (nSPS) is 10.7. The molecule has 0 saturated heterocycles. The summed E-state index contributed by atoms with van der Waals surface area (Å²) in [5, 5.41) is 12.6. The summed E-state index contributed by atoms with van der Waals surface area (Å²) in [4.78, 5) is 0. The van der Waals surface area contributed by atoms with Gasteiger partial charge in [-0.2, -0.15) is 0 Å². The summed E-state index contributed by atoms with van der Waals surface area (Å²) in [7, 11) is 9.78. The maximum absolute atomic E-state index is 8.07. The third-order valence-corrected chi connectivity index (χ3v) is 1.18. The summed E-state index contributed by atoms with van der Waals surface area (Å²) in [6.45, 7) is 15.1. The number of unbranched alkanes of at least 4 members (excludes halogenated alkanes) is 1. The Bertz CT molecular complexity index is 130. The zero-order chi connectivity index (χ0) is 14.5. The average molecular weight is 321 g/mol. The number of nitrogens with zero attached hydrogens (tertiary/aromatic N) is 1. The Labute approximate surface area is 125 Å². The van der Waals surface area contributed by atoms with Gasteiger partial charge >= 0.3 is 35.6 Å². The van der Waals surface area contributed by atoms with Crippen molar-refractivity contribution in [1.82, 2.24) is 0 Å². The minimum atomic E-state index is -0.556. The molecule has 0 rings (SSSR count). The number of halogens is 2. The van der Waals surface area contributed by atoms with Crippen molar-refractivity contribution in [3.8, 4) is 0 Å². The predicted octanol–water partition coefficient (Wildman–Crippen LogP) is 5.11. The van der Waals surface area contributed by atoms with E-state index < -0.39 is 17.0 Å². The third kappa shape index (κ3) is 46.9. The summed E-state index contributed by atoms with van der Waals surface area (Å²) in [5.74, 6) is 0. The number of hydrogen-bond acceptors (Lipinski definition) is 1. The SMILES string of the molecule is CC(C)(C)[N-]C(C)(C)C.CCCCO.[Cl][Ti][Cl]. The third-order valence-electron chi connectivity index (χ3n) is 1.18. The molecule has 0 fully saturated rings. The van der Waals surface area contributed by atoms with E-state index >= 15 is 0 Å². The first-order valence-electron chi connectivity index (χ1n) is 5.85. The van der Waals surface area contributed by atoms with Crippen molar-refractivity contribution in [1.29, 1.82) is 0 Å². The van der Waals surface area contributed by atoms with E-state index in [9.17, 15) is 0 Å². The second kappa shape index (κ2) is 13.6. The van der Waals surface area contributed by atoms with Gasteiger partial charge in [0.25, 0.3) is 0 Å². The summed E-state index contributed by atoms with van der Waals surface area (Å²) < 4.78 is 0. The van der Waals surface area contributed by atoms with Crippen molar-refractivity contribution in [2.45, 2.75) is 72.4 Å². The van der Waals surface area contributed by atoms with E-state index in [0.29, 0.717) is 6.61 Å². The molecule has 0 atom stereocenters. The summed E-state index contributed by atoms with van der Waals surface area (Å²) >= 11 is -0.556. The molecule has 0 aliphatic carbocycles. The molecule has 0 saturated carbocycles. The molecule has 1 N–H and O–H groups in total. The topological polar surface area (TPSA) is 34.3 Å². The Hall–Kier alpha value is 1.21. The monoisotopic (exact) mass is 320 g/mol. The Balaban J connectivity index is -0.000000207. The molecule has 0 heterocycles. The van der Waals surface area contributed by atoms with Gasteiger partial charge in [-0.3, -0.25) is 0 Å². The zero-order valence-electron chi connectivity index (χ0n) is 12.3. The van der Waals surface area contributed by atoms with Crippen LogP contribution in [0.5, 0.6) is 0 Å². The van der Waals surface area contributed by atoms with Gasteiger partial charge in [-0.1, -0.05) is 54.9 Å². The van der Waals surface area contributed by atoms with Crippen LogP contribution in [0.4, 0.5) is 0 Å². The fourth-order valence-electron chi connectivity index (χ4n) is 1.16. The van der Waals surface area contributed by atoms with Gasteiger partial charge in [-0.25, -0.2) is 0 Å². The van der Waals surface area contributed by atoms with Crippen molar-refractivity contribution < 1.29 is 22.1 Å². The second-order valence-corrected chi connectivity index (χ2v) is 8.18. The molecule has 0 radical (unpaired) electrons. The number of aliphatic hydroxyl groups excluding tert-OH is 1. The van der Waals surface area contributed by atoms with Gasteiger partial charge in [0, 0.05) is 6.61 Å². The fraction of sp³-hybridized carbons (Fsp3) is 1.00. The van der Waals surface area contributed by atoms with E-state index in [1.165, 1.54) is 0 Å².